The Hall–Kier alpha value is -0.760. The minimum absolute atomic E-state index is 0.0943. The van der Waals surface area contributed by atoms with Crippen LogP contribution in [0.3, 0.4) is 0 Å². The highest BCUT2D eigenvalue weighted by molar-refractivity contribution is 14.1. The van der Waals surface area contributed by atoms with Gasteiger partial charge in [0.1, 0.15) is 0 Å². The zero-order valence-corrected chi connectivity index (χ0v) is 13.7. The van der Waals surface area contributed by atoms with Crippen LogP contribution in [0, 0.1) is 3.57 Å². The minimum Gasteiger partial charge on any atom is -0.481 e. The van der Waals surface area contributed by atoms with Crippen molar-refractivity contribution < 1.29 is 14.7 Å². The van der Waals surface area contributed by atoms with E-state index in [0.29, 0.717) is 11.3 Å². The largest absolute Gasteiger partial charge is 0.481 e. The van der Waals surface area contributed by atoms with Gasteiger partial charge in [-0.25, -0.2) is 0 Å². The molecule has 19 heavy (non-hydrogen) atoms. The molecule has 0 aliphatic carbocycles. The third-order valence-corrected chi connectivity index (χ3v) is 4.40. The molecule has 0 fully saturated rings. The van der Waals surface area contributed by atoms with E-state index in [0.717, 1.165) is 3.57 Å². The van der Waals surface area contributed by atoms with E-state index in [1.165, 1.54) is 11.8 Å². The predicted molar refractivity (Wildman–Crippen MR) is 85.7 cm³/mol. The highest BCUT2D eigenvalue weighted by atomic mass is 127. The summed E-state index contributed by atoms with van der Waals surface area (Å²) in [5.74, 6) is -0.600. The van der Waals surface area contributed by atoms with Gasteiger partial charge in [0.05, 0.1) is 17.5 Å². The Labute approximate surface area is 130 Å². The van der Waals surface area contributed by atoms with Crippen LogP contribution in [0.15, 0.2) is 24.3 Å². The molecule has 1 amide bonds. The lowest BCUT2D eigenvalue weighted by Crippen LogP contribution is -2.49. The summed E-state index contributed by atoms with van der Waals surface area (Å²) >= 11 is 3.60. The lowest BCUT2D eigenvalue weighted by atomic mass is 9.99. The molecule has 1 unspecified atom stereocenters. The molecule has 1 aromatic rings. The smallest absolute Gasteiger partial charge is 0.305 e. The molecule has 0 aromatic heterocycles. The van der Waals surface area contributed by atoms with Crippen molar-refractivity contribution in [3.63, 3.8) is 0 Å². The molecule has 104 valence electrons. The van der Waals surface area contributed by atoms with Gasteiger partial charge in [-0.05, 0) is 47.9 Å². The number of halogens is 1. The third-order valence-electron chi connectivity index (χ3n) is 2.54. The molecule has 0 heterocycles. The molecule has 0 radical (unpaired) electrons. The van der Waals surface area contributed by atoms with Crippen molar-refractivity contribution in [2.45, 2.75) is 18.9 Å². The van der Waals surface area contributed by atoms with Crippen LogP contribution < -0.4 is 5.32 Å². The molecule has 1 rings (SSSR count). The summed E-state index contributed by atoms with van der Waals surface area (Å²) in [5.41, 5.74) is -0.179. The number of rotatable bonds is 6. The summed E-state index contributed by atoms with van der Waals surface area (Å²) in [6, 6.07) is 7.23. The van der Waals surface area contributed by atoms with Crippen molar-refractivity contribution in [2.75, 3.05) is 12.0 Å². The van der Waals surface area contributed by atoms with E-state index in [1.807, 2.05) is 18.4 Å². The Morgan fingerprint density at radius 1 is 1.42 bits per heavy atom. The zero-order valence-electron chi connectivity index (χ0n) is 10.8. The zero-order chi connectivity index (χ0) is 14.5. The van der Waals surface area contributed by atoms with Crippen LogP contribution >= 0.6 is 34.4 Å². The number of carbonyl (C=O) groups is 2. The van der Waals surface area contributed by atoms with Crippen LogP contribution in [-0.2, 0) is 4.79 Å². The average molecular weight is 393 g/mol. The summed E-state index contributed by atoms with van der Waals surface area (Å²) < 4.78 is 0.847. The first-order valence-electron chi connectivity index (χ1n) is 5.66. The standard InChI is InChI=1S/C13H16INO3S/c1-13(8-19-2,7-11(16)17)15-12(18)9-5-3-4-6-10(9)14/h3-6H,7-8H2,1-2H3,(H,15,18)(H,16,17). The lowest BCUT2D eigenvalue weighted by Gasteiger charge is -2.28. The van der Waals surface area contributed by atoms with E-state index < -0.39 is 11.5 Å². The van der Waals surface area contributed by atoms with Crippen molar-refractivity contribution >= 4 is 46.2 Å². The van der Waals surface area contributed by atoms with Crippen LogP contribution in [0.1, 0.15) is 23.7 Å². The molecule has 6 heteroatoms. The van der Waals surface area contributed by atoms with E-state index in [-0.39, 0.29) is 12.3 Å². The summed E-state index contributed by atoms with van der Waals surface area (Å²) in [6.45, 7) is 1.76. The molecule has 2 N–H and O–H groups in total. The average Bonchev–Trinajstić information content (AvgIpc) is 2.27. The monoisotopic (exact) mass is 393 g/mol. The number of hydrogen-bond donors (Lipinski definition) is 2. The van der Waals surface area contributed by atoms with Gasteiger partial charge in [0, 0.05) is 9.32 Å². The van der Waals surface area contributed by atoms with Crippen molar-refractivity contribution in [1.82, 2.24) is 5.32 Å². The number of benzene rings is 1. The molecule has 0 aliphatic rings. The van der Waals surface area contributed by atoms with Gasteiger partial charge < -0.3 is 10.4 Å². The van der Waals surface area contributed by atoms with Gasteiger partial charge in [-0.3, -0.25) is 9.59 Å². The molecular formula is C13H16INO3S. The van der Waals surface area contributed by atoms with Gasteiger partial charge in [-0.2, -0.15) is 11.8 Å². The van der Waals surface area contributed by atoms with Crippen molar-refractivity contribution in [2.24, 2.45) is 0 Å². The molecule has 0 saturated heterocycles. The molecule has 1 aromatic carbocycles. The maximum atomic E-state index is 12.2. The SMILES string of the molecule is CSCC(C)(CC(=O)O)NC(=O)c1ccccc1I. The normalized spacial score (nSPS) is 13.6. The number of carbonyl (C=O) groups excluding carboxylic acids is 1. The first-order valence-corrected chi connectivity index (χ1v) is 8.13. The fourth-order valence-corrected chi connectivity index (χ4v) is 3.21. The fourth-order valence-electron chi connectivity index (χ4n) is 1.77. The summed E-state index contributed by atoms with van der Waals surface area (Å²) in [7, 11) is 0. The number of carboxylic acid groups (broad SMARTS) is 1. The lowest BCUT2D eigenvalue weighted by molar-refractivity contribution is -0.138. The molecule has 0 saturated carbocycles. The highest BCUT2D eigenvalue weighted by Crippen LogP contribution is 2.18. The second-order valence-electron chi connectivity index (χ2n) is 4.50. The van der Waals surface area contributed by atoms with Crippen LogP contribution in [-0.4, -0.2) is 34.5 Å². The molecule has 4 nitrogen and oxygen atoms in total. The van der Waals surface area contributed by atoms with Crippen molar-refractivity contribution in [3.8, 4) is 0 Å². The van der Waals surface area contributed by atoms with Gasteiger partial charge in [0.15, 0.2) is 0 Å². The van der Waals surface area contributed by atoms with Crippen molar-refractivity contribution in [3.05, 3.63) is 33.4 Å². The van der Waals surface area contributed by atoms with E-state index in [1.54, 1.807) is 19.1 Å². The van der Waals surface area contributed by atoms with Crippen LogP contribution in [0.4, 0.5) is 0 Å². The molecule has 0 aliphatic heterocycles. The second-order valence-corrected chi connectivity index (χ2v) is 6.53. The Morgan fingerprint density at radius 2 is 2.05 bits per heavy atom. The number of thioether (sulfide) groups is 1. The number of hydrogen-bond acceptors (Lipinski definition) is 3. The maximum absolute atomic E-state index is 12.2. The minimum atomic E-state index is -0.917. The molecule has 0 spiro atoms. The Kier molecular flexibility index (Phi) is 6.12. The maximum Gasteiger partial charge on any atom is 0.305 e. The van der Waals surface area contributed by atoms with Gasteiger partial charge >= 0.3 is 5.97 Å². The van der Waals surface area contributed by atoms with Crippen LogP contribution in [0.2, 0.25) is 0 Å². The molecule has 0 bridgehead atoms. The highest BCUT2D eigenvalue weighted by Gasteiger charge is 2.29. The fraction of sp³-hybridized carbons (Fsp3) is 0.385. The molecule has 1 atom stereocenters. The number of aliphatic carboxylic acids is 1. The second kappa shape index (κ2) is 7.14. The third kappa shape index (κ3) is 5.02. The first-order chi connectivity index (χ1) is 8.88. The van der Waals surface area contributed by atoms with E-state index >= 15 is 0 Å². The van der Waals surface area contributed by atoms with Crippen LogP contribution in [0.25, 0.3) is 0 Å². The summed E-state index contributed by atoms with van der Waals surface area (Å²) in [4.78, 5) is 23.1. The summed E-state index contributed by atoms with van der Waals surface area (Å²) in [5, 5.41) is 11.8. The first kappa shape index (κ1) is 16.3. The summed E-state index contributed by atoms with van der Waals surface area (Å²) in [6.07, 6.45) is 1.79. The van der Waals surface area contributed by atoms with Gasteiger partial charge in [0.25, 0.3) is 5.91 Å². The predicted octanol–water partition coefficient (Wildman–Crippen LogP) is 2.62. The van der Waals surface area contributed by atoms with E-state index in [4.69, 9.17) is 5.11 Å². The Balaban J connectivity index is 2.88. The van der Waals surface area contributed by atoms with Gasteiger partial charge in [0.2, 0.25) is 0 Å². The van der Waals surface area contributed by atoms with Gasteiger partial charge in [-0.15, -0.1) is 0 Å². The number of carboxylic acids is 1. The van der Waals surface area contributed by atoms with Gasteiger partial charge in [-0.1, -0.05) is 12.1 Å². The van der Waals surface area contributed by atoms with Crippen molar-refractivity contribution in [1.29, 1.82) is 0 Å². The Bertz CT molecular complexity index is 481. The number of nitrogens with one attached hydrogen (secondary N) is 1. The quantitative estimate of drug-likeness (QED) is 0.730. The topological polar surface area (TPSA) is 66.4 Å². The number of amides is 1. The molecular weight excluding hydrogens is 377 g/mol. The van der Waals surface area contributed by atoms with Crippen LogP contribution in [0.5, 0.6) is 0 Å². The van der Waals surface area contributed by atoms with E-state index in [2.05, 4.69) is 27.9 Å². The van der Waals surface area contributed by atoms with E-state index in [9.17, 15) is 9.59 Å². The Morgan fingerprint density at radius 3 is 2.58 bits per heavy atom.